The van der Waals surface area contributed by atoms with E-state index in [-0.39, 0.29) is 17.2 Å². The third-order valence-corrected chi connectivity index (χ3v) is 8.05. The maximum atomic E-state index is 13.7. The van der Waals surface area contributed by atoms with Crippen LogP contribution in [0.1, 0.15) is 37.1 Å². The number of carbonyl (C=O) groups excluding carboxylic acids is 4. The fraction of sp³-hybridized carbons (Fsp3) is 0.0541. The minimum Gasteiger partial charge on any atom is -0.465 e. The number of hydrogen-bond acceptors (Lipinski definition) is 7. The first-order chi connectivity index (χ1) is 22.9. The molecule has 0 aliphatic rings. The number of amides is 3. The van der Waals surface area contributed by atoms with Gasteiger partial charge in [-0.3, -0.25) is 19.4 Å². The van der Waals surface area contributed by atoms with Gasteiger partial charge in [0, 0.05) is 28.5 Å². The van der Waals surface area contributed by atoms with Crippen LogP contribution in [0.4, 0.5) is 11.4 Å². The largest absolute Gasteiger partial charge is 0.465 e. The van der Waals surface area contributed by atoms with Gasteiger partial charge in [0.2, 0.25) is 5.91 Å². The van der Waals surface area contributed by atoms with Crippen molar-refractivity contribution in [2.24, 2.45) is 0 Å². The zero-order valence-corrected chi connectivity index (χ0v) is 26.1. The minimum atomic E-state index is -0.709. The number of pyridine rings is 1. The van der Waals surface area contributed by atoms with Crippen molar-refractivity contribution in [2.75, 3.05) is 17.7 Å². The highest BCUT2D eigenvalue weighted by atomic mass is 32.2. The number of ether oxygens (including phenoxy) is 1. The second kappa shape index (κ2) is 15.8. The number of aromatic nitrogens is 1. The van der Waals surface area contributed by atoms with E-state index in [0.717, 1.165) is 5.56 Å². The Morgan fingerprint density at radius 1 is 0.787 bits per heavy atom. The Balaban J connectivity index is 1.38. The van der Waals surface area contributed by atoms with E-state index in [1.54, 1.807) is 103 Å². The first-order valence-electron chi connectivity index (χ1n) is 14.5. The fourth-order valence-corrected chi connectivity index (χ4v) is 5.61. The molecule has 1 aromatic heterocycles. The lowest BCUT2D eigenvalue weighted by atomic mass is 10.1. The highest BCUT2D eigenvalue weighted by Crippen LogP contribution is 2.37. The van der Waals surface area contributed by atoms with Crippen molar-refractivity contribution in [1.29, 1.82) is 0 Å². The summed E-state index contributed by atoms with van der Waals surface area (Å²) in [6.07, 6.45) is 4.74. The lowest BCUT2D eigenvalue weighted by Gasteiger charge is -2.19. The molecule has 0 aliphatic carbocycles. The number of thioether (sulfide) groups is 1. The SMILES string of the molecule is COC(=O)c1ccccc1NC(=O)C(Sc1cccc(NC(=O)/C(=C\c2cccnc2)NC(=O)c2ccccc2)c1)c1ccccc1. The maximum absolute atomic E-state index is 13.7. The maximum Gasteiger partial charge on any atom is 0.339 e. The van der Waals surface area contributed by atoms with Crippen molar-refractivity contribution in [1.82, 2.24) is 10.3 Å². The van der Waals surface area contributed by atoms with Crippen molar-refractivity contribution < 1.29 is 23.9 Å². The summed E-state index contributed by atoms with van der Waals surface area (Å²) in [6.45, 7) is 0. The van der Waals surface area contributed by atoms with E-state index in [1.165, 1.54) is 18.9 Å². The third-order valence-electron chi connectivity index (χ3n) is 6.80. The normalized spacial score (nSPS) is 11.6. The molecular formula is C37H30N4O5S. The summed E-state index contributed by atoms with van der Waals surface area (Å²) in [5.74, 6) is -1.90. The zero-order valence-electron chi connectivity index (χ0n) is 25.3. The number of benzene rings is 4. The van der Waals surface area contributed by atoms with Gasteiger partial charge in [0.05, 0.1) is 18.4 Å². The molecule has 1 unspecified atom stereocenters. The average Bonchev–Trinajstić information content (AvgIpc) is 3.11. The number of nitrogens with zero attached hydrogens (tertiary/aromatic N) is 1. The first-order valence-corrected chi connectivity index (χ1v) is 15.4. The number of esters is 1. The van der Waals surface area contributed by atoms with Gasteiger partial charge >= 0.3 is 5.97 Å². The Bertz CT molecular complexity index is 1900. The minimum absolute atomic E-state index is 0.0238. The molecule has 0 saturated carbocycles. The van der Waals surface area contributed by atoms with Gasteiger partial charge in [-0.25, -0.2) is 4.79 Å². The van der Waals surface area contributed by atoms with Crippen LogP contribution < -0.4 is 16.0 Å². The number of nitrogens with one attached hydrogen (secondary N) is 3. The van der Waals surface area contributed by atoms with E-state index in [9.17, 15) is 19.2 Å². The molecule has 1 atom stereocenters. The summed E-state index contributed by atoms with van der Waals surface area (Å²) in [4.78, 5) is 57.3. The number of anilines is 2. The predicted molar refractivity (Wildman–Crippen MR) is 183 cm³/mol. The van der Waals surface area contributed by atoms with Gasteiger partial charge in [-0.05, 0) is 65.7 Å². The second-order valence-corrected chi connectivity index (χ2v) is 11.3. The smallest absolute Gasteiger partial charge is 0.339 e. The van der Waals surface area contributed by atoms with Crippen molar-refractivity contribution in [3.8, 4) is 0 Å². The van der Waals surface area contributed by atoms with Gasteiger partial charge < -0.3 is 20.7 Å². The summed E-state index contributed by atoms with van der Waals surface area (Å²) < 4.78 is 4.88. The molecule has 5 aromatic rings. The van der Waals surface area contributed by atoms with Crippen LogP contribution in [0, 0.1) is 0 Å². The molecule has 0 saturated heterocycles. The van der Waals surface area contributed by atoms with Gasteiger partial charge in [-0.1, -0.05) is 72.8 Å². The molecule has 3 amide bonds. The summed E-state index contributed by atoms with van der Waals surface area (Å²) in [5, 5.41) is 7.75. The highest BCUT2D eigenvalue weighted by molar-refractivity contribution is 8.00. The standard InChI is InChI=1S/C37H30N4O5S/c1-46-37(45)30-19-8-9-20-31(30)40-36(44)33(26-13-4-2-5-14-26)47-29-18-10-17-28(23-29)39-35(43)32(22-25-12-11-21-38-24-25)41-34(42)27-15-6-3-7-16-27/h2-24,33H,1H3,(H,39,43)(H,40,44)(H,41,42)/b32-22+. The van der Waals surface area contributed by atoms with E-state index >= 15 is 0 Å². The molecule has 0 radical (unpaired) electrons. The molecule has 234 valence electrons. The Kier molecular flexibility index (Phi) is 10.9. The lowest BCUT2D eigenvalue weighted by molar-refractivity contribution is -0.116. The van der Waals surface area contributed by atoms with E-state index < -0.39 is 23.0 Å². The van der Waals surface area contributed by atoms with Crippen LogP contribution in [-0.4, -0.2) is 35.8 Å². The molecule has 0 spiro atoms. The Morgan fingerprint density at radius 2 is 1.51 bits per heavy atom. The molecule has 0 bridgehead atoms. The molecule has 0 aliphatic heterocycles. The van der Waals surface area contributed by atoms with Gasteiger partial charge in [-0.15, -0.1) is 11.8 Å². The van der Waals surface area contributed by atoms with Crippen LogP contribution in [-0.2, 0) is 14.3 Å². The molecule has 4 aromatic carbocycles. The molecule has 5 rings (SSSR count). The fourth-order valence-electron chi connectivity index (χ4n) is 4.53. The molecule has 47 heavy (non-hydrogen) atoms. The second-order valence-electron chi connectivity index (χ2n) is 10.1. The van der Waals surface area contributed by atoms with E-state index in [4.69, 9.17) is 4.74 Å². The van der Waals surface area contributed by atoms with Crippen molar-refractivity contribution >= 4 is 52.9 Å². The van der Waals surface area contributed by atoms with Crippen LogP contribution in [0.5, 0.6) is 0 Å². The van der Waals surface area contributed by atoms with Crippen LogP contribution >= 0.6 is 11.8 Å². The molecule has 10 heteroatoms. The van der Waals surface area contributed by atoms with Gasteiger partial charge in [-0.2, -0.15) is 0 Å². The summed E-state index contributed by atoms with van der Waals surface area (Å²) in [5.41, 5.74) is 2.81. The van der Waals surface area contributed by atoms with E-state index in [1.807, 2.05) is 36.4 Å². The lowest BCUT2D eigenvalue weighted by Crippen LogP contribution is -2.30. The Labute approximate surface area is 276 Å². The van der Waals surface area contributed by atoms with Crippen molar-refractivity contribution in [3.63, 3.8) is 0 Å². The Morgan fingerprint density at radius 3 is 2.23 bits per heavy atom. The van der Waals surface area contributed by atoms with E-state index in [0.29, 0.717) is 27.4 Å². The van der Waals surface area contributed by atoms with Gasteiger partial charge in [0.25, 0.3) is 11.8 Å². The molecule has 1 heterocycles. The van der Waals surface area contributed by atoms with E-state index in [2.05, 4.69) is 20.9 Å². The molecular weight excluding hydrogens is 612 g/mol. The topological polar surface area (TPSA) is 126 Å². The van der Waals surface area contributed by atoms with Crippen molar-refractivity contribution in [3.05, 3.63) is 162 Å². The summed E-state index contributed by atoms with van der Waals surface area (Å²) in [7, 11) is 1.28. The number of rotatable bonds is 11. The summed E-state index contributed by atoms with van der Waals surface area (Å²) >= 11 is 1.28. The monoisotopic (exact) mass is 642 g/mol. The number of carbonyl (C=O) groups is 4. The Hall–Kier alpha value is -6.00. The first kappa shape index (κ1) is 32.4. The van der Waals surface area contributed by atoms with Gasteiger partial charge in [0.15, 0.2) is 0 Å². The zero-order chi connectivity index (χ0) is 33.0. The molecule has 3 N–H and O–H groups in total. The summed E-state index contributed by atoms with van der Waals surface area (Å²) in [6, 6.07) is 35.0. The quantitative estimate of drug-likeness (QED) is 0.0827. The highest BCUT2D eigenvalue weighted by Gasteiger charge is 2.24. The van der Waals surface area contributed by atoms with Crippen LogP contribution in [0.15, 0.2) is 144 Å². The van der Waals surface area contributed by atoms with Crippen LogP contribution in [0.25, 0.3) is 6.08 Å². The van der Waals surface area contributed by atoms with Crippen LogP contribution in [0.3, 0.4) is 0 Å². The van der Waals surface area contributed by atoms with Crippen LogP contribution in [0.2, 0.25) is 0 Å². The number of hydrogen-bond donors (Lipinski definition) is 3. The number of methoxy groups -OCH3 is 1. The molecule has 0 fully saturated rings. The van der Waals surface area contributed by atoms with Gasteiger partial charge in [0.1, 0.15) is 10.9 Å². The number of para-hydroxylation sites is 1. The predicted octanol–water partition coefficient (Wildman–Crippen LogP) is 6.75. The van der Waals surface area contributed by atoms with Crippen molar-refractivity contribution in [2.45, 2.75) is 10.1 Å². The third kappa shape index (κ3) is 8.80. The average molecular weight is 643 g/mol. The molecule has 9 nitrogen and oxygen atoms in total.